The number of fused-ring (bicyclic) bond motifs is 1. The van der Waals surface area contributed by atoms with Gasteiger partial charge in [0.05, 0.1) is 13.1 Å². The zero-order valence-corrected chi connectivity index (χ0v) is 17.2. The van der Waals surface area contributed by atoms with Crippen LogP contribution < -0.4 is 16.0 Å². The van der Waals surface area contributed by atoms with Crippen molar-refractivity contribution in [3.05, 3.63) is 47.0 Å². The van der Waals surface area contributed by atoms with Crippen LogP contribution in [0, 0.1) is 0 Å². The van der Waals surface area contributed by atoms with Gasteiger partial charge in [-0.05, 0) is 31.0 Å². The maximum Gasteiger partial charge on any atom is 0.251 e. The van der Waals surface area contributed by atoms with E-state index in [2.05, 4.69) is 26.0 Å². The average molecular weight is 399 g/mol. The molecule has 1 unspecified atom stereocenters. The molecule has 1 atom stereocenters. The smallest absolute Gasteiger partial charge is 0.251 e. The van der Waals surface area contributed by atoms with Crippen LogP contribution in [0.2, 0.25) is 0 Å². The number of aryl methyl sites for hydroxylation is 1. The van der Waals surface area contributed by atoms with E-state index in [-0.39, 0.29) is 11.9 Å². The number of rotatable bonds is 7. The van der Waals surface area contributed by atoms with E-state index in [9.17, 15) is 4.79 Å². The molecule has 1 aromatic heterocycles. The Morgan fingerprint density at radius 1 is 1.34 bits per heavy atom. The van der Waals surface area contributed by atoms with Crippen molar-refractivity contribution in [3.63, 3.8) is 0 Å². The largest absolute Gasteiger partial charge is 0.377 e. The van der Waals surface area contributed by atoms with Gasteiger partial charge < -0.3 is 20.7 Å². The molecule has 0 saturated carbocycles. The molecular weight excluding hydrogens is 370 g/mol. The molecule has 1 aromatic carbocycles. The van der Waals surface area contributed by atoms with Gasteiger partial charge in [0, 0.05) is 38.7 Å². The Balaban J connectivity index is 1.61. The highest BCUT2D eigenvalue weighted by atomic mass is 16.5. The number of aliphatic imine (C=N–C) groups is 1. The molecule has 0 saturated heterocycles. The number of hydrogen-bond donors (Lipinski definition) is 3. The van der Waals surface area contributed by atoms with Crippen LogP contribution in [0.25, 0.3) is 0 Å². The van der Waals surface area contributed by atoms with Gasteiger partial charge >= 0.3 is 0 Å². The van der Waals surface area contributed by atoms with Crippen molar-refractivity contribution in [2.45, 2.75) is 45.5 Å². The second-order valence-electron chi connectivity index (χ2n) is 6.91. The Labute approximate surface area is 171 Å². The molecule has 29 heavy (non-hydrogen) atoms. The molecule has 156 valence electrons. The molecule has 1 amide bonds. The monoisotopic (exact) mass is 399 g/mol. The minimum atomic E-state index is -0.0894. The highest BCUT2D eigenvalue weighted by molar-refractivity contribution is 5.93. The van der Waals surface area contributed by atoms with Gasteiger partial charge in [-0.1, -0.05) is 12.1 Å². The Morgan fingerprint density at radius 2 is 2.14 bits per heavy atom. The molecule has 3 rings (SSSR count). The summed E-state index contributed by atoms with van der Waals surface area (Å²) in [5.41, 5.74) is 1.69. The molecule has 1 aliphatic heterocycles. The van der Waals surface area contributed by atoms with Gasteiger partial charge in [0.1, 0.15) is 12.4 Å². The van der Waals surface area contributed by atoms with Crippen molar-refractivity contribution in [1.29, 1.82) is 0 Å². The first-order valence-corrected chi connectivity index (χ1v) is 9.90. The summed E-state index contributed by atoms with van der Waals surface area (Å²) in [4.78, 5) is 20.9. The van der Waals surface area contributed by atoms with Gasteiger partial charge in [-0.15, -0.1) is 0 Å². The topological polar surface area (TPSA) is 105 Å². The van der Waals surface area contributed by atoms with E-state index in [4.69, 9.17) is 9.73 Å². The Morgan fingerprint density at radius 3 is 2.83 bits per heavy atom. The Hall–Kier alpha value is -2.94. The summed E-state index contributed by atoms with van der Waals surface area (Å²) < 4.78 is 7.08. The van der Waals surface area contributed by atoms with E-state index >= 15 is 0 Å². The second-order valence-corrected chi connectivity index (χ2v) is 6.91. The third kappa shape index (κ3) is 5.54. The summed E-state index contributed by atoms with van der Waals surface area (Å²) in [6.45, 7) is 4.53. The van der Waals surface area contributed by atoms with Crippen LogP contribution in [0.3, 0.4) is 0 Å². The second kappa shape index (κ2) is 10.0. The van der Waals surface area contributed by atoms with Gasteiger partial charge in [-0.2, -0.15) is 5.10 Å². The van der Waals surface area contributed by atoms with E-state index in [0.29, 0.717) is 18.7 Å². The normalized spacial score (nSPS) is 16.2. The van der Waals surface area contributed by atoms with Gasteiger partial charge in [0.2, 0.25) is 0 Å². The minimum Gasteiger partial charge on any atom is -0.377 e. The fourth-order valence-corrected chi connectivity index (χ4v) is 3.26. The van der Waals surface area contributed by atoms with Crippen LogP contribution in [-0.2, 0) is 30.9 Å². The molecule has 0 spiro atoms. The molecule has 9 heteroatoms. The zero-order chi connectivity index (χ0) is 20.6. The Kier molecular flexibility index (Phi) is 7.18. The molecule has 1 aliphatic rings. The first-order chi connectivity index (χ1) is 14.1. The van der Waals surface area contributed by atoms with Crippen LogP contribution in [0.15, 0.2) is 29.3 Å². The third-order valence-corrected chi connectivity index (χ3v) is 4.72. The maximum atomic E-state index is 11.6. The molecule has 0 fully saturated rings. The predicted molar refractivity (Wildman–Crippen MR) is 111 cm³/mol. The fraction of sp³-hybridized carbons (Fsp3) is 0.500. The number of hydrogen-bond acceptors (Lipinski definition) is 5. The summed E-state index contributed by atoms with van der Waals surface area (Å²) in [6, 6.07) is 7.71. The van der Waals surface area contributed by atoms with Crippen LogP contribution in [0.4, 0.5) is 0 Å². The first kappa shape index (κ1) is 20.8. The van der Waals surface area contributed by atoms with Crippen LogP contribution in [-0.4, -0.2) is 53.4 Å². The Bertz CT molecular complexity index is 845. The van der Waals surface area contributed by atoms with Crippen molar-refractivity contribution < 1.29 is 9.53 Å². The molecule has 9 nitrogen and oxygen atoms in total. The highest BCUT2D eigenvalue weighted by Gasteiger charge is 2.22. The molecule has 2 aromatic rings. The van der Waals surface area contributed by atoms with Crippen LogP contribution in [0.1, 0.15) is 40.9 Å². The third-order valence-electron chi connectivity index (χ3n) is 4.72. The number of aromatic nitrogens is 3. The number of carbonyl (C=O) groups excluding carboxylic acids is 1. The number of nitrogens with zero attached hydrogens (tertiary/aromatic N) is 4. The molecule has 0 bridgehead atoms. The number of amides is 1. The van der Waals surface area contributed by atoms with E-state index in [1.54, 1.807) is 14.2 Å². The zero-order valence-electron chi connectivity index (χ0n) is 17.2. The van der Waals surface area contributed by atoms with E-state index in [0.717, 1.165) is 49.1 Å². The maximum absolute atomic E-state index is 11.6. The SMILES string of the molecule is CCNC(=NCc1ccc(C(=O)NC)cc1)NC1CCc2nc(COC)nn2C1. The first-order valence-electron chi connectivity index (χ1n) is 9.90. The molecular formula is C20H29N7O2. The minimum absolute atomic E-state index is 0.0894. The summed E-state index contributed by atoms with van der Waals surface area (Å²) in [7, 11) is 3.27. The van der Waals surface area contributed by atoms with Crippen molar-refractivity contribution in [2.75, 3.05) is 20.7 Å². The van der Waals surface area contributed by atoms with Crippen molar-refractivity contribution in [1.82, 2.24) is 30.7 Å². The molecule has 2 heterocycles. The average Bonchev–Trinajstić information content (AvgIpc) is 3.14. The number of guanidine groups is 1. The van der Waals surface area contributed by atoms with Gasteiger partial charge in [-0.25, -0.2) is 14.7 Å². The lowest BCUT2D eigenvalue weighted by atomic mass is 10.1. The van der Waals surface area contributed by atoms with Gasteiger partial charge in [0.25, 0.3) is 5.91 Å². The number of nitrogens with one attached hydrogen (secondary N) is 3. The highest BCUT2D eigenvalue weighted by Crippen LogP contribution is 2.13. The summed E-state index contributed by atoms with van der Waals surface area (Å²) >= 11 is 0. The summed E-state index contributed by atoms with van der Waals surface area (Å²) in [5, 5.41) is 13.9. The molecule has 0 aliphatic carbocycles. The van der Waals surface area contributed by atoms with E-state index < -0.39 is 0 Å². The number of benzene rings is 1. The number of methoxy groups -OCH3 is 1. The van der Waals surface area contributed by atoms with E-state index in [1.165, 1.54) is 0 Å². The van der Waals surface area contributed by atoms with Crippen molar-refractivity contribution in [2.24, 2.45) is 4.99 Å². The lowest BCUT2D eigenvalue weighted by Crippen LogP contribution is -2.47. The molecule has 0 radical (unpaired) electrons. The summed E-state index contributed by atoms with van der Waals surface area (Å²) in [6.07, 6.45) is 1.84. The lowest BCUT2D eigenvalue weighted by molar-refractivity contribution is 0.0963. The van der Waals surface area contributed by atoms with Crippen molar-refractivity contribution >= 4 is 11.9 Å². The van der Waals surface area contributed by atoms with E-state index in [1.807, 2.05) is 35.9 Å². The van der Waals surface area contributed by atoms with Crippen molar-refractivity contribution in [3.8, 4) is 0 Å². The van der Waals surface area contributed by atoms with Gasteiger partial charge in [0.15, 0.2) is 11.8 Å². The van der Waals surface area contributed by atoms with Gasteiger partial charge in [-0.3, -0.25) is 4.79 Å². The molecule has 3 N–H and O–H groups in total. The quantitative estimate of drug-likeness (QED) is 0.471. The lowest BCUT2D eigenvalue weighted by Gasteiger charge is -2.25. The van der Waals surface area contributed by atoms with Crippen LogP contribution >= 0.6 is 0 Å². The van der Waals surface area contributed by atoms with Crippen LogP contribution in [0.5, 0.6) is 0 Å². The standard InChI is InChI=1S/C20H29N7O2/c1-4-22-20(23-11-14-5-7-15(8-6-14)19(28)21-2)24-16-9-10-18-25-17(13-29-3)26-27(18)12-16/h5-8,16H,4,9-13H2,1-3H3,(H,21,28)(H2,22,23,24). The fourth-order valence-electron chi connectivity index (χ4n) is 3.26. The predicted octanol–water partition coefficient (Wildman–Crippen LogP) is 0.854. The number of ether oxygens (including phenoxy) is 1. The summed E-state index contributed by atoms with van der Waals surface area (Å²) in [5.74, 6) is 2.42. The number of carbonyl (C=O) groups is 1.